The molecule has 6 heteroatoms. The number of likely N-dealkylation sites (N-methyl/N-ethyl adjacent to an activating group) is 1. The van der Waals surface area contributed by atoms with Crippen molar-refractivity contribution in [3.05, 3.63) is 32.3 Å². The number of hydrogen-bond acceptors (Lipinski definition) is 4. The lowest BCUT2D eigenvalue weighted by Crippen LogP contribution is -2.17. The summed E-state index contributed by atoms with van der Waals surface area (Å²) in [5, 5.41) is 16.9. The van der Waals surface area contributed by atoms with Crippen LogP contribution in [0.15, 0.2) is 16.6 Å². The summed E-state index contributed by atoms with van der Waals surface area (Å²) in [6.45, 7) is 3.34. The summed E-state index contributed by atoms with van der Waals surface area (Å²) in [4.78, 5) is 10.3. The Bertz CT molecular complexity index is 396. The van der Waals surface area contributed by atoms with Crippen molar-refractivity contribution in [2.75, 3.05) is 25.5 Å². The van der Waals surface area contributed by atoms with Gasteiger partial charge in [0.1, 0.15) is 0 Å². The Balaban J connectivity index is 2.88. The van der Waals surface area contributed by atoms with Crippen LogP contribution in [-0.4, -0.2) is 25.1 Å². The lowest BCUT2D eigenvalue weighted by atomic mass is 10.2. The van der Waals surface area contributed by atoms with Crippen LogP contribution in [0, 0.1) is 17.0 Å². The van der Waals surface area contributed by atoms with Crippen molar-refractivity contribution in [1.82, 2.24) is 5.32 Å². The number of anilines is 1. The topological polar surface area (TPSA) is 67.2 Å². The minimum atomic E-state index is -0.378. The summed E-state index contributed by atoms with van der Waals surface area (Å²) < 4.78 is 0.709. The van der Waals surface area contributed by atoms with Crippen LogP contribution in [0.4, 0.5) is 11.4 Å². The third-order valence-corrected chi connectivity index (χ3v) is 2.83. The van der Waals surface area contributed by atoms with Crippen molar-refractivity contribution in [2.24, 2.45) is 0 Å². The van der Waals surface area contributed by atoms with E-state index < -0.39 is 0 Å². The van der Waals surface area contributed by atoms with Gasteiger partial charge in [-0.1, -0.05) is 0 Å². The predicted molar refractivity (Wildman–Crippen MR) is 67.9 cm³/mol. The van der Waals surface area contributed by atoms with Crippen molar-refractivity contribution in [3.8, 4) is 0 Å². The molecule has 0 aromatic heterocycles. The third kappa shape index (κ3) is 3.18. The molecule has 0 heterocycles. The van der Waals surface area contributed by atoms with E-state index in [2.05, 4.69) is 26.6 Å². The highest BCUT2D eigenvalue weighted by atomic mass is 79.9. The van der Waals surface area contributed by atoms with Gasteiger partial charge in [-0.05, 0) is 36.0 Å². The Kier molecular flexibility index (Phi) is 4.70. The first-order valence-electron chi connectivity index (χ1n) is 4.89. The standard InChI is InChI=1S/C10H14BrN3O2/c1-7-5-9(13-4-3-12-2)8(11)6-10(7)14(15)16/h5-6,12-13H,3-4H2,1-2H3. The molecule has 0 atom stereocenters. The van der Waals surface area contributed by atoms with Crippen LogP contribution in [0.5, 0.6) is 0 Å². The van der Waals surface area contributed by atoms with Crippen LogP contribution < -0.4 is 10.6 Å². The molecule has 0 amide bonds. The fraction of sp³-hybridized carbons (Fsp3) is 0.400. The second-order valence-electron chi connectivity index (χ2n) is 3.41. The molecule has 0 spiro atoms. The molecule has 1 aromatic carbocycles. The highest BCUT2D eigenvalue weighted by Crippen LogP contribution is 2.30. The molecule has 5 nitrogen and oxygen atoms in total. The van der Waals surface area contributed by atoms with Crippen LogP contribution >= 0.6 is 15.9 Å². The molecule has 0 saturated heterocycles. The first-order chi connectivity index (χ1) is 7.56. The van der Waals surface area contributed by atoms with Gasteiger partial charge < -0.3 is 10.6 Å². The van der Waals surface area contributed by atoms with Crippen molar-refractivity contribution in [2.45, 2.75) is 6.92 Å². The van der Waals surface area contributed by atoms with E-state index in [1.807, 2.05) is 7.05 Å². The van der Waals surface area contributed by atoms with Crippen molar-refractivity contribution in [1.29, 1.82) is 0 Å². The first kappa shape index (κ1) is 12.9. The molecule has 0 aliphatic carbocycles. The van der Waals surface area contributed by atoms with Gasteiger partial charge in [0.05, 0.1) is 4.92 Å². The Hall–Kier alpha value is -1.14. The van der Waals surface area contributed by atoms with Gasteiger partial charge in [-0.2, -0.15) is 0 Å². The molecular weight excluding hydrogens is 274 g/mol. The second kappa shape index (κ2) is 5.81. The minimum absolute atomic E-state index is 0.131. The number of nitrogens with zero attached hydrogens (tertiary/aromatic N) is 1. The largest absolute Gasteiger partial charge is 0.383 e. The number of nitro benzene ring substituents is 1. The van der Waals surface area contributed by atoms with Gasteiger partial charge >= 0.3 is 0 Å². The molecule has 1 rings (SSSR count). The highest BCUT2D eigenvalue weighted by molar-refractivity contribution is 9.10. The molecule has 0 aliphatic rings. The van der Waals surface area contributed by atoms with Crippen LogP contribution in [0.25, 0.3) is 0 Å². The quantitative estimate of drug-likeness (QED) is 0.495. The van der Waals surface area contributed by atoms with E-state index in [9.17, 15) is 10.1 Å². The van der Waals surface area contributed by atoms with Gasteiger partial charge in [-0.25, -0.2) is 0 Å². The summed E-state index contributed by atoms with van der Waals surface area (Å²) in [5.74, 6) is 0. The summed E-state index contributed by atoms with van der Waals surface area (Å²) >= 11 is 3.31. The minimum Gasteiger partial charge on any atom is -0.383 e. The lowest BCUT2D eigenvalue weighted by Gasteiger charge is -2.09. The monoisotopic (exact) mass is 287 g/mol. The molecule has 2 N–H and O–H groups in total. The van der Waals surface area contributed by atoms with Crippen molar-refractivity contribution < 1.29 is 4.92 Å². The van der Waals surface area contributed by atoms with E-state index in [0.29, 0.717) is 10.0 Å². The highest BCUT2D eigenvalue weighted by Gasteiger charge is 2.13. The fourth-order valence-corrected chi connectivity index (χ4v) is 1.80. The van der Waals surface area contributed by atoms with E-state index in [1.165, 1.54) is 6.07 Å². The SMILES string of the molecule is CNCCNc1cc(C)c([N+](=O)[O-])cc1Br. The van der Waals surface area contributed by atoms with Gasteiger partial charge in [-0.15, -0.1) is 0 Å². The summed E-state index contributed by atoms with van der Waals surface area (Å²) in [5.41, 5.74) is 1.66. The maximum atomic E-state index is 10.7. The van der Waals surface area contributed by atoms with Crippen LogP contribution in [0.1, 0.15) is 5.56 Å². The molecule has 0 fully saturated rings. The Morgan fingerprint density at radius 3 is 2.69 bits per heavy atom. The smallest absolute Gasteiger partial charge is 0.273 e. The van der Waals surface area contributed by atoms with Gasteiger partial charge in [-0.3, -0.25) is 10.1 Å². The Morgan fingerprint density at radius 1 is 1.44 bits per heavy atom. The Labute approximate surface area is 103 Å². The van der Waals surface area contributed by atoms with E-state index in [-0.39, 0.29) is 10.6 Å². The summed E-state index contributed by atoms with van der Waals surface area (Å²) in [6, 6.07) is 3.30. The fourth-order valence-electron chi connectivity index (χ4n) is 1.33. The summed E-state index contributed by atoms with van der Waals surface area (Å²) in [7, 11) is 1.87. The molecule has 0 radical (unpaired) electrons. The molecular formula is C10H14BrN3O2. The molecule has 0 aliphatic heterocycles. The van der Waals surface area contributed by atoms with Gasteiger partial charge in [0, 0.05) is 34.9 Å². The summed E-state index contributed by atoms with van der Waals surface area (Å²) in [6.07, 6.45) is 0. The van der Waals surface area contributed by atoms with Crippen LogP contribution in [0.3, 0.4) is 0 Å². The van der Waals surface area contributed by atoms with Crippen molar-refractivity contribution >= 4 is 27.3 Å². The van der Waals surface area contributed by atoms with Crippen molar-refractivity contribution in [3.63, 3.8) is 0 Å². The maximum absolute atomic E-state index is 10.7. The second-order valence-corrected chi connectivity index (χ2v) is 4.26. The molecule has 1 aromatic rings. The molecule has 16 heavy (non-hydrogen) atoms. The lowest BCUT2D eigenvalue weighted by molar-refractivity contribution is -0.385. The molecule has 0 bridgehead atoms. The predicted octanol–water partition coefficient (Wildman–Crippen LogP) is 2.30. The van der Waals surface area contributed by atoms with E-state index >= 15 is 0 Å². The van der Waals surface area contributed by atoms with Gasteiger partial charge in [0.15, 0.2) is 0 Å². The number of hydrogen-bond donors (Lipinski definition) is 2. The number of benzene rings is 1. The number of rotatable bonds is 5. The Morgan fingerprint density at radius 2 is 2.12 bits per heavy atom. The molecule has 0 saturated carbocycles. The average molecular weight is 288 g/mol. The maximum Gasteiger partial charge on any atom is 0.273 e. The number of nitrogens with one attached hydrogen (secondary N) is 2. The number of nitro groups is 1. The van der Waals surface area contributed by atoms with Gasteiger partial charge in [0.2, 0.25) is 0 Å². The zero-order chi connectivity index (χ0) is 12.1. The normalized spacial score (nSPS) is 10.2. The first-order valence-corrected chi connectivity index (χ1v) is 5.68. The average Bonchev–Trinajstić information content (AvgIpc) is 2.22. The zero-order valence-electron chi connectivity index (χ0n) is 9.21. The van der Waals surface area contributed by atoms with E-state index in [4.69, 9.17) is 0 Å². The molecule has 88 valence electrons. The van der Waals surface area contributed by atoms with Gasteiger partial charge in [0.25, 0.3) is 5.69 Å². The third-order valence-electron chi connectivity index (χ3n) is 2.17. The van der Waals surface area contributed by atoms with Crippen LogP contribution in [0.2, 0.25) is 0 Å². The molecule has 0 unspecified atom stereocenters. The zero-order valence-corrected chi connectivity index (χ0v) is 10.8. The van der Waals surface area contributed by atoms with E-state index in [0.717, 1.165) is 18.8 Å². The van der Waals surface area contributed by atoms with Crippen LogP contribution in [-0.2, 0) is 0 Å². The number of halogens is 1. The van der Waals surface area contributed by atoms with E-state index in [1.54, 1.807) is 13.0 Å². The number of aryl methyl sites for hydroxylation is 1.